The van der Waals surface area contributed by atoms with Crippen LogP contribution in [-0.4, -0.2) is 19.5 Å². The molecule has 14 heavy (non-hydrogen) atoms. The van der Waals surface area contributed by atoms with Gasteiger partial charge in [-0.2, -0.15) is 0 Å². The molecule has 0 atom stereocenters. The first-order chi connectivity index (χ1) is 6.75. The second-order valence-electron chi connectivity index (χ2n) is 3.03. The number of nitrogens with two attached hydrogens (primary N) is 1. The zero-order valence-corrected chi connectivity index (χ0v) is 7.88. The Bertz CT molecular complexity index is 434. The Morgan fingerprint density at radius 3 is 2.86 bits per heavy atom. The third-order valence-electron chi connectivity index (χ3n) is 1.96. The lowest BCUT2D eigenvalue weighted by Crippen LogP contribution is -2.03. The first-order valence-electron chi connectivity index (χ1n) is 4.29. The number of imidazole rings is 1. The monoisotopic (exact) mass is 189 g/mol. The highest BCUT2D eigenvalue weighted by atomic mass is 15.0. The highest BCUT2D eigenvalue weighted by molar-refractivity contribution is 5.25. The molecule has 0 spiro atoms. The van der Waals surface area contributed by atoms with Crippen molar-refractivity contribution in [2.24, 2.45) is 7.05 Å². The number of anilines is 1. The molecule has 2 heterocycles. The summed E-state index contributed by atoms with van der Waals surface area (Å²) in [5.74, 6) is 2.11. The first kappa shape index (κ1) is 8.68. The number of hydrogen-bond acceptors (Lipinski definition) is 4. The largest absolute Gasteiger partial charge is 0.384 e. The molecule has 0 aromatic carbocycles. The number of aryl methyl sites for hydroxylation is 1. The lowest BCUT2D eigenvalue weighted by Gasteiger charge is -2.00. The van der Waals surface area contributed by atoms with Gasteiger partial charge in [0, 0.05) is 25.6 Å². The average Bonchev–Trinajstić information content (AvgIpc) is 2.52. The van der Waals surface area contributed by atoms with E-state index in [0.29, 0.717) is 18.1 Å². The van der Waals surface area contributed by atoms with E-state index in [-0.39, 0.29) is 0 Å². The summed E-state index contributed by atoms with van der Waals surface area (Å²) in [6.07, 6.45) is 5.90. The van der Waals surface area contributed by atoms with E-state index in [2.05, 4.69) is 15.0 Å². The number of hydrogen-bond donors (Lipinski definition) is 1. The van der Waals surface area contributed by atoms with Crippen LogP contribution in [0.5, 0.6) is 0 Å². The smallest absolute Gasteiger partial charge is 0.138 e. The standard InChI is InChI=1S/C9H11N5/c1-14-5-4-12-9(14)6-8-11-3-2-7(10)13-8/h2-5H,6H2,1H3,(H2,10,11,13). The van der Waals surface area contributed by atoms with Crippen molar-refractivity contribution in [1.29, 1.82) is 0 Å². The van der Waals surface area contributed by atoms with Gasteiger partial charge in [-0.05, 0) is 6.07 Å². The molecule has 0 aliphatic rings. The quantitative estimate of drug-likeness (QED) is 0.741. The van der Waals surface area contributed by atoms with Crippen LogP contribution >= 0.6 is 0 Å². The van der Waals surface area contributed by atoms with Crippen molar-refractivity contribution in [2.45, 2.75) is 6.42 Å². The summed E-state index contributed by atoms with van der Waals surface area (Å²) in [6.45, 7) is 0. The molecule has 0 amide bonds. The van der Waals surface area contributed by atoms with Gasteiger partial charge in [0.05, 0.1) is 6.42 Å². The minimum atomic E-state index is 0.490. The Morgan fingerprint density at radius 2 is 2.21 bits per heavy atom. The number of nitrogens with zero attached hydrogens (tertiary/aromatic N) is 4. The van der Waals surface area contributed by atoms with E-state index in [1.807, 2.05) is 17.8 Å². The van der Waals surface area contributed by atoms with Crippen molar-refractivity contribution in [2.75, 3.05) is 5.73 Å². The molecule has 5 heteroatoms. The minimum Gasteiger partial charge on any atom is -0.384 e. The van der Waals surface area contributed by atoms with Crippen LogP contribution < -0.4 is 5.73 Å². The molecule has 0 aliphatic carbocycles. The summed E-state index contributed by atoms with van der Waals surface area (Å²) in [4.78, 5) is 12.4. The van der Waals surface area contributed by atoms with E-state index in [9.17, 15) is 0 Å². The average molecular weight is 189 g/mol. The van der Waals surface area contributed by atoms with Crippen molar-refractivity contribution in [3.63, 3.8) is 0 Å². The third kappa shape index (κ3) is 1.71. The van der Waals surface area contributed by atoms with Crippen LogP contribution in [0.3, 0.4) is 0 Å². The Balaban J connectivity index is 2.23. The molecule has 72 valence electrons. The van der Waals surface area contributed by atoms with Crippen molar-refractivity contribution in [3.8, 4) is 0 Å². The summed E-state index contributed by atoms with van der Waals surface area (Å²) in [5.41, 5.74) is 5.55. The fourth-order valence-electron chi connectivity index (χ4n) is 1.21. The van der Waals surface area contributed by atoms with E-state index in [0.717, 1.165) is 5.82 Å². The fraction of sp³-hybridized carbons (Fsp3) is 0.222. The van der Waals surface area contributed by atoms with Gasteiger partial charge in [-0.3, -0.25) is 0 Å². The van der Waals surface area contributed by atoms with Gasteiger partial charge in [-0.1, -0.05) is 0 Å². The predicted molar refractivity (Wildman–Crippen MR) is 52.5 cm³/mol. The highest BCUT2D eigenvalue weighted by Gasteiger charge is 2.03. The fourth-order valence-corrected chi connectivity index (χ4v) is 1.21. The van der Waals surface area contributed by atoms with Crippen molar-refractivity contribution in [1.82, 2.24) is 19.5 Å². The van der Waals surface area contributed by atoms with Crippen molar-refractivity contribution < 1.29 is 0 Å². The van der Waals surface area contributed by atoms with Gasteiger partial charge >= 0.3 is 0 Å². The maximum atomic E-state index is 5.55. The molecule has 2 rings (SSSR count). The Kier molecular flexibility index (Phi) is 2.14. The lowest BCUT2D eigenvalue weighted by atomic mass is 10.3. The summed E-state index contributed by atoms with van der Waals surface area (Å²) in [5, 5.41) is 0. The van der Waals surface area contributed by atoms with E-state index in [4.69, 9.17) is 5.73 Å². The van der Waals surface area contributed by atoms with Crippen molar-refractivity contribution >= 4 is 5.82 Å². The van der Waals surface area contributed by atoms with E-state index < -0.39 is 0 Å². The molecule has 0 aliphatic heterocycles. The molecule has 0 unspecified atom stereocenters. The molecule has 2 aromatic heterocycles. The number of nitrogen functional groups attached to an aromatic ring is 1. The molecule has 5 nitrogen and oxygen atoms in total. The summed E-state index contributed by atoms with van der Waals surface area (Å²) >= 11 is 0. The normalized spacial score (nSPS) is 10.4. The predicted octanol–water partition coefficient (Wildman–Crippen LogP) is 0.383. The maximum absolute atomic E-state index is 5.55. The Morgan fingerprint density at radius 1 is 1.36 bits per heavy atom. The molecule has 2 aromatic rings. The van der Waals surface area contributed by atoms with Gasteiger partial charge in [-0.15, -0.1) is 0 Å². The van der Waals surface area contributed by atoms with Gasteiger partial charge in [0.15, 0.2) is 0 Å². The molecule has 0 saturated carbocycles. The second kappa shape index (κ2) is 3.45. The van der Waals surface area contributed by atoms with Crippen LogP contribution in [-0.2, 0) is 13.5 Å². The van der Waals surface area contributed by atoms with Gasteiger partial charge in [0.25, 0.3) is 0 Å². The van der Waals surface area contributed by atoms with Gasteiger partial charge in [0.1, 0.15) is 17.5 Å². The highest BCUT2D eigenvalue weighted by Crippen LogP contribution is 2.03. The van der Waals surface area contributed by atoms with E-state index in [1.165, 1.54) is 0 Å². The van der Waals surface area contributed by atoms with Gasteiger partial charge in [0.2, 0.25) is 0 Å². The third-order valence-corrected chi connectivity index (χ3v) is 1.96. The molecule has 0 radical (unpaired) electrons. The molecule has 0 saturated heterocycles. The summed E-state index contributed by atoms with van der Waals surface area (Å²) < 4.78 is 1.94. The molecule has 2 N–H and O–H groups in total. The first-order valence-corrected chi connectivity index (χ1v) is 4.29. The van der Waals surface area contributed by atoms with Crippen molar-refractivity contribution in [3.05, 3.63) is 36.3 Å². The van der Waals surface area contributed by atoms with E-state index >= 15 is 0 Å². The Labute approximate surface area is 81.6 Å². The van der Waals surface area contributed by atoms with Gasteiger partial charge < -0.3 is 10.3 Å². The van der Waals surface area contributed by atoms with Gasteiger partial charge in [-0.25, -0.2) is 15.0 Å². The number of aromatic nitrogens is 4. The van der Waals surface area contributed by atoms with Crippen LogP contribution in [0.15, 0.2) is 24.7 Å². The van der Waals surface area contributed by atoms with Crippen LogP contribution in [0.4, 0.5) is 5.82 Å². The van der Waals surface area contributed by atoms with Crippen LogP contribution in [0.1, 0.15) is 11.6 Å². The Hall–Kier alpha value is -1.91. The molecule has 0 fully saturated rings. The SMILES string of the molecule is Cn1ccnc1Cc1nccc(N)n1. The van der Waals surface area contributed by atoms with E-state index in [1.54, 1.807) is 18.5 Å². The molecular weight excluding hydrogens is 178 g/mol. The second-order valence-corrected chi connectivity index (χ2v) is 3.03. The summed E-state index contributed by atoms with van der Waals surface area (Å²) in [7, 11) is 1.94. The maximum Gasteiger partial charge on any atom is 0.138 e. The van der Waals surface area contributed by atoms with Crippen LogP contribution in [0.2, 0.25) is 0 Å². The van der Waals surface area contributed by atoms with Crippen LogP contribution in [0, 0.1) is 0 Å². The van der Waals surface area contributed by atoms with Crippen LogP contribution in [0.25, 0.3) is 0 Å². The molecule has 0 bridgehead atoms. The topological polar surface area (TPSA) is 69.6 Å². The molecular formula is C9H11N5. The zero-order valence-electron chi connectivity index (χ0n) is 7.88. The zero-order chi connectivity index (χ0) is 9.97. The summed E-state index contributed by atoms with van der Waals surface area (Å²) in [6, 6.07) is 1.67. The lowest BCUT2D eigenvalue weighted by molar-refractivity contribution is 0.796. The minimum absolute atomic E-state index is 0.490. The number of rotatable bonds is 2.